The van der Waals surface area contributed by atoms with Crippen molar-refractivity contribution in [3.05, 3.63) is 91.7 Å². The highest BCUT2D eigenvalue weighted by atomic mass is 35.5. The molecule has 2 aliphatic carbocycles. The normalized spacial score (nSPS) is 20.9. The smallest absolute Gasteiger partial charge is 0.268 e. The topological polar surface area (TPSA) is 172 Å². The van der Waals surface area contributed by atoms with Crippen molar-refractivity contribution in [1.29, 1.82) is 0 Å². The van der Waals surface area contributed by atoms with Gasteiger partial charge in [0, 0.05) is 79.9 Å². The van der Waals surface area contributed by atoms with Crippen LogP contribution in [0.1, 0.15) is 103 Å². The molecule has 4 fully saturated rings. The van der Waals surface area contributed by atoms with Crippen molar-refractivity contribution in [1.82, 2.24) is 43.1 Å². The third-order valence-electron chi connectivity index (χ3n) is 15.9. The van der Waals surface area contributed by atoms with Gasteiger partial charge in [-0.25, -0.2) is 19.0 Å². The zero-order valence-corrected chi connectivity index (χ0v) is 43.8. The number of piperidine rings is 2. The van der Waals surface area contributed by atoms with Crippen LogP contribution in [-0.2, 0) is 31.9 Å². The highest BCUT2D eigenvalue weighted by Crippen LogP contribution is 2.48. The summed E-state index contributed by atoms with van der Waals surface area (Å²) < 4.78 is 24.1. The number of rotatable bonds is 14. The average molecular weight is 1030 g/mol. The Morgan fingerprint density at radius 1 is 0.783 bits per heavy atom. The lowest BCUT2D eigenvalue weighted by molar-refractivity contribution is 0.185. The van der Waals surface area contributed by atoms with E-state index in [0.717, 1.165) is 130 Å². The van der Waals surface area contributed by atoms with Crippen LogP contribution in [0.3, 0.4) is 0 Å². The minimum atomic E-state index is -1.23. The van der Waals surface area contributed by atoms with Gasteiger partial charge in [0.2, 0.25) is 11.9 Å². The van der Waals surface area contributed by atoms with E-state index in [1.807, 2.05) is 36.7 Å². The van der Waals surface area contributed by atoms with Gasteiger partial charge in [-0.15, -0.1) is 4.72 Å². The van der Waals surface area contributed by atoms with Crippen molar-refractivity contribution in [3.8, 4) is 0 Å². The lowest BCUT2D eigenvalue weighted by Gasteiger charge is -2.44. The quantitative estimate of drug-likeness (QED) is 0.0787. The molecule has 15 nitrogen and oxygen atoms in total. The summed E-state index contributed by atoms with van der Waals surface area (Å²) in [4.78, 5) is 43.8. The van der Waals surface area contributed by atoms with E-state index >= 15 is 0 Å². The molecule has 0 amide bonds. The van der Waals surface area contributed by atoms with Crippen molar-refractivity contribution in [2.24, 2.45) is 30.7 Å². The number of nitrogens with two attached hydrogens (primary N) is 1. The molecule has 2 aliphatic heterocycles. The van der Waals surface area contributed by atoms with Crippen LogP contribution in [0.25, 0.3) is 11.0 Å². The molecule has 4 aliphatic rings. The van der Waals surface area contributed by atoms with E-state index in [1.165, 1.54) is 36.4 Å². The number of aromatic nitrogens is 8. The lowest BCUT2D eigenvalue weighted by atomic mass is 9.74. The number of hydrogen-bond acceptors (Lipinski definition) is 13. The SMILES string of the molecule is Cn1c(N2CCC3(CCC[C@H]3N[S@+]([O-])C(C)(C)CCCCc3cc4c(Cl)c(Sc5cnc(N6CCC7(CCC[C@H]7N)CC6)n(C)c5=O)ccn4n3)CC2)ncc(Sc2ccn3nccc3c2Cl)c1=O. The molecular weight excluding hydrogens is 972 g/mol. The van der Waals surface area contributed by atoms with E-state index in [9.17, 15) is 14.1 Å². The minimum Gasteiger partial charge on any atom is -0.598 e. The molecule has 6 aromatic rings. The molecule has 0 unspecified atom stereocenters. The Hall–Kier alpha value is -3.75. The van der Waals surface area contributed by atoms with Gasteiger partial charge in [0.1, 0.15) is 4.75 Å². The Balaban J connectivity index is 0.703. The van der Waals surface area contributed by atoms with Crippen LogP contribution in [0.15, 0.2) is 84.4 Å². The Kier molecular flexibility index (Phi) is 13.9. The van der Waals surface area contributed by atoms with E-state index in [2.05, 4.69) is 33.5 Å². The molecule has 0 aromatic carbocycles. The van der Waals surface area contributed by atoms with Gasteiger partial charge in [-0.3, -0.25) is 18.7 Å². The molecule has 368 valence electrons. The average Bonchev–Trinajstić information content (AvgIpc) is 4.16. The van der Waals surface area contributed by atoms with E-state index < -0.39 is 16.1 Å². The molecular formula is C49H62Cl2N12O3S3. The molecule has 0 bridgehead atoms. The minimum absolute atomic E-state index is 0.0565. The van der Waals surface area contributed by atoms with Crippen LogP contribution >= 0.6 is 46.7 Å². The van der Waals surface area contributed by atoms with Gasteiger partial charge < -0.3 is 20.1 Å². The third-order valence-corrected chi connectivity index (χ3v) is 20.8. The maximum absolute atomic E-state index is 14.1. The highest BCUT2D eigenvalue weighted by molar-refractivity contribution is 7.99. The first-order valence-electron chi connectivity index (χ1n) is 24.4. The molecule has 2 saturated carbocycles. The molecule has 2 spiro atoms. The zero-order valence-electron chi connectivity index (χ0n) is 39.8. The largest absolute Gasteiger partial charge is 0.598 e. The summed E-state index contributed by atoms with van der Waals surface area (Å²) in [5, 5.41) is 10.2. The Bertz CT molecular complexity index is 2980. The summed E-state index contributed by atoms with van der Waals surface area (Å²) in [7, 11) is 3.59. The second kappa shape index (κ2) is 19.7. The van der Waals surface area contributed by atoms with Crippen LogP contribution in [0.4, 0.5) is 11.9 Å². The first-order valence-corrected chi connectivity index (χ1v) is 27.9. The summed E-state index contributed by atoms with van der Waals surface area (Å²) in [6.45, 7) is 7.48. The van der Waals surface area contributed by atoms with Gasteiger partial charge in [0.05, 0.1) is 61.2 Å². The van der Waals surface area contributed by atoms with Crippen LogP contribution in [0.2, 0.25) is 10.0 Å². The van der Waals surface area contributed by atoms with Crippen LogP contribution in [0.5, 0.6) is 0 Å². The monoisotopic (exact) mass is 1030 g/mol. The first-order chi connectivity index (χ1) is 33.1. The van der Waals surface area contributed by atoms with Gasteiger partial charge in [-0.2, -0.15) is 10.2 Å². The zero-order chi connectivity index (χ0) is 48.2. The predicted octanol–water partition coefficient (Wildman–Crippen LogP) is 8.46. The molecule has 69 heavy (non-hydrogen) atoms. The molecule has 2 saturated heterocycles. The number of aryl methyl sites for hydroxylation is 1. The maximum atomic E-state index is 14.1. The highest BCUT2D eigenvalue weighted by Gasteiger charge is 2.49. The van der Waals surface area contributed by atoms with Crippen LogP contribution in [-0.4, -0.2) is 85.9 Å². The van der Waals surface area contributed by atoms with Crippen molar-refractivity contribution < 1.29 is 4.55 Å². The van der Waals surface area contributed by atoms with Crippen molar-refractivity contribution >= 4 is 81.0 Å². The molecule has 0 radical (unpaired) electrons. The fourth-order valence-electron chi connectivity index (χ4n) is 11.5. The number of anilines is 2. The number of hydrogen-bond donors (Lipinski definition) is 2. The summed E-state index contributed by atoms with van der Waals surface area (Å²) in [6.07, 6.45) is 22.8. The van der Waals surface area contributed by atoms with Crippen molar-refractivity contribution in [2.75, 3.05) is 36.0 Å². The molecule has 3 atom stereocenters. The van der Waals surface area contributed by atoms with Crippen molar-refractivity contribution in [2.45, 2.75) is 140 Å². The van der Waals surface area contributed by atoms with Crippen LogP contribution < -0.4 is 31.4 Å². The van der Waals surface area contributed by atoms with E-state index in [1.54, 1.807) is 50.9 Å². The number of halogens is 2. The van der Waals surface area contributed by atoms with Gasteiger partial charge in [-0.05, 0) is 126 Å². The summed E-state index contributed by atoms with van der Waals surface area (Å²) in [6, 6.07) is 8.09. The molecule has 8 heterocycles. The predicted molar refractivity (Wildman–Crippen MR) is 278 cm³/mol. The molecule has 6 aromatic heterocycles. The second-order valence-corrected chi connectivity index (χ2v) is 25.2. The number of nitrogens with zero attached hydrogens (tertiary/aromatic N) is 10. The molecule has 3 N–H and O–H groups in total. The van der Waals surface area contributed by atoms with Crippen LogP contribution in [0, 0.1) is 10.8 Å². The maximum Gasteiger partial charge on any atom is 0.268 e. The van der Waals surface area contributed by atoms with Crippen molar-refractivity contribution in [3.63, 3.8) is 0 Å². The molecule has 10 rings (SSSR count). The van der Waals surface area contributed by atoms with Gasteiger partial charge >= 0.3 is 0 Å². The standard InChI is InChI=1S/C49H62Cl2N12O3S3/c1-47(2,69(66)57-40-11-8-17-49(40)20-27-61(28-21-49)46-54-30-37(43(64)59(46)4)67-35-13-23-62-33(41(35)50)12-22-55-62)15-6-5-9-32-29-34-42(51)36(14-24-63(34)56-32)68-38-31-53-45(58(3)44(38)65)60-25-18-48(19-26-60)16-7-10-39(48)52/h12-14,22-24,29-31,39-40,57H,5-11,15-21,25-28,52H2,1-4H3/t39-,40-,69-/m1/s1. The van der Waals surface area contributed by atoms with E-state index in [-0.39, 0.29) is 34.0 Å². The number of pyridine rings is 2. The van der Waals surface area contributed by atoms with Gasteiger partial charge in [-0.1, -0.05) is 59.6 Å². The fourth-order valence-corrected chi connectivity index (χ4v) is 15.2. The van der Waals surface area contributed by atoms with E-state index in [4.69, 9.17) is 44.0 Å². The van der Waals surface area contributed by atoms with E-state index in [0.29, 0.717) is 31.7 Å². The Morgan fingerprint density at radius 2 is 1.35 bits per heavy atom. The first kappa shape index (κ1) is 48.9. The Morgan fingerprint density at radius 3 is 1.96 bits per heavy atom. The Labute approximate surface area is 424 Å². The molecule has 20 heteroatoms. The van der Waals surface area contributed by atoms with Gasteiger partial charge in [0.15, 0.2) is 0 Å². The second-order valence-electron chi connectivity index (χ2n) is 20.4. The van der Waals surface area contributed by atoms with Gasteiger partial charge in [0.25, 0.3) is 11.1 Å². The number of fused-ring (bicyclic) bond motifs is 2. The third kappa shape index (κ3) is 9.46. The fraction of sp³-hybridized carbons (Fsp3) is 0.551. The summed E-state index contributed by atoms with van der Waals surface area (Å²) in [5.74, 6) is 1.36. The lowest BCUT2D eigenvalue weighted by Crippen LogP contribution is -2.54. The summed E-state index contributed by atoms with van der Waals surface area (Å²) in [5.41, 5.74) is 9.14. The number of nitrogens with one attached hydrogen (secondary N) is 1. The number of unbranched alkanes of at least 4 members (excludes halogenated alkanes) is 1. The summed E-state index contributed by atoms with van der Waals surface area (Å²) >= 11 is 15.1.